The van der Waals surface area contributed by atoms with Gasteiger partial charge >= 0.3 is 5.97 Å². The van der Waals surface area contributed by atoms with Gasteiger partial charge in [0.05, 0.1) is 11.7 Å². The molecule has 1 unspecified atom stereocenters. The summed E-state index contributed by atoms with van der Waals surface area (Å²) in [4.78, 5) is 29.6. The number of ether oxygens (including phenoxy) is 1. The summed E-state index contributed by atoms with van der Waals surface area (Å²) in [5.41, 5.74) is 3.35. The Morgan fingerprint density at radius 1 is 1.00 bits per heavy atom. The molecule has 0 spiro atoms. The first-order valence-corrected chi connectivity index (χ1v) is 11.9. The molecule has 0 aliphatic heterocycles. The second-order valence-electron chi connectivity index (χ2n) is 8.43. The van der Waals surface area contributed by atoms with Crippen LogP contribution in [0, 0.1) is 0 Å². The van der Waals surface area contributed by atoms with Crippen LogP contribution in [0.2, 0.25) is 0 Å². The minimum absolute atomic E-state index is 0.0632. The normalized spacial score (nSPS) is 16.2. The van der Waals surface area contributed by atoms with Crippen LogP contribution < -0.4 is 5.32 Å². The zero-order valence-corrected chi connectivity index (χ0v) is 18.8. The molecular weight excluding hydrogens is 436 g/mol. The summed E-state index contributed by atoms with van der Waals surface area (Å²) in [6.45, 7) is 0. The van der Waals surface area contributed by atoms with E-state index in [4.69, 9.17) is 9.84 Å². The maximum absolute atomic E-state index is 13.3. The summed E-state index contributed by atoms with van der Waals surface area (Å²) in [5, 5.41) is 12.6. The van der Waals surface area contributed by atoms with Crippen LogP contribution in [0.3, 0.4) is 0 Å². The van der Waals surface area contributed by atoms with E-state index in [9.17, 15) is 9.59 Å². The molecule has 0 bridgehead atoms. The van der Waals surface area contributed by atoms with Gasteiger partial charge in [0.25, 0.3) is 5.91 Å². The molecule has 2 N–H and O–H groups in total. The third-order valence-electron chi connectivity index (χ3n) is 5.85. The summed E-state index contributed by atoms with van der Waals surface area (Å²) in [6.07, 6.45) is 4.38. The number of thioether (sulfide) groups is 1. The fourth-order valence-corrected chi connectivity index (χ4v) is 5.03. The van der Waals surface area contributed by atoms with Crippen LogP contribution in [-0.4, -0.2) is 33.3 Å². The first-order valence-electron chi connectivity index (χ1n) is 11.0. The molecule has 168 valence electrons. The number of pyridine rings is 1. The van der Waals surface area contributed by atoms with E-state index < -0.39 is 12.1 Å². The van der Waals surface area contributed by atoms with E-state index in [0.717, 1.165) is 18.4 Å². The predicted molar refractivity (Wildman–Crippen MR) is 127 cm³/mol. The van der Waals surface area contributed by atoms with Crippen molar-refractivity contribution in [3.8, 4) is 0 Å². The van der Waals surface area contributed by atoms with Gasteiger partial charge in [0.15, 0.2) is 6.10 Å². The van der Waals surface area contributed by atoms with Gasteiger partial charge in [-0.1, -0.05) is 36.4 Å². The lowest BCUT2D eigenvalue weighted by Gasteiger charge is -2.22. The van der Waals surface area contributed by atoms with E-state index in [1.54, 1.807) is 0 Å². The van der Waals surface area contributed by atoms with Crippen molar-refractivity contribution in [3.63, 3.8) is 0 Å². The van der Waals surface area contributed by atoms with Crippen LogP contribution in [0.25, 0.3) is 0 Å². The molecule has 1 atom stereocenters. The number of carbonyl (C=O) groups is 2. The second-order valence-corrected chi connectivity index (χ2v) is 9.80. The van der Waals surface area contributed by atoms with Crippen LogP contribution in [0.4, 0.5) is 5.82 Å². The van der Waals surface area contributed by atoms with E-state index in [-0.39, 0.29) is 23.4 Å². The number of aromatic carboxylic acids is 1. The number of nitrogens with one attached hydrogen (secondary N) is 1. The van der Waals surface area contributed by atoms with E-state index in [0.29, 0.717) is 5.25 Å². The molecule has 0 saturated heterocycles. The van der Waals surface area contributed by atoms with Gasteiger partial charge in [-0.25, -0.2) is 9.78 Å². The van der Waals surface area contributed by atoms with Crippen molar-refractivity contribution in [2.45, 2.75) is 48.0 Å². The fourth-order valence-electron chi connectivity index (χ4n) is 3.98. The molecule has 1 fully saturated rings. The second kappa shape index (κ2) is 9.37. The average molecular weight is 461 g/mol. The van der Waals surface area contributed by atoms with Crippen molar-refractivity contribution in [2.24, 2.45) is 0 Å². The molecule has 1 amide bonds. The van der Waals surface area contributed by atoms with E-state index in [2.05, 4.69) is 22.4 Å². The molecule has 33 heavy (non-hydrogen) atoms. The van der Waals surface area contributed by atoms with E-state index in [1.165, 1.54) is 47.2 Å². The summed E-state index contributed by atoms with van der Waals surface area (Å²) < 4.78 is 6.37. The maximum Gasteiger partial charge on any atom is 0.337 e. The van der Waals surface area contributed by atoms with Crippen molar-refractivity contribution in [1.82, 2.24) is 4.98 Å². The number of aromatic nitrogens is 1. The smallest absolute Gasteiger partial charge is 0.337 e. The molecule has 6 nitrogen and oxygen atoms in total. The van der Waals surface area contributed by atoms with Gasteiger partial charge in [-0.3, -0.25) is 4.79 Å². The van der Waals surface area contributed by atoms with Crippen LogP contribution in [0.5, 0.6) is 0 Å². The predicted octanol–water partition coefficient (Wildman–Crippen LogP) is 4.90. The van der Waals surface area contributed by atoms with E-state index in [1.807, 2.05) is 48.2 Å². The Labute approximate surface area is 196 Å². The fraction of sp³-hybridized carbons (Fsp3) is 0.269. The number of anilines is 1. The number of rotatable bonds is 8. The van der Waals surface area contributed by atoms with Gasteiger partial charge in [-0.05, 0) is 66.6 Å². The third kappa shape index (κ3) is 5.26. The molecule has 7 heteroatoms. The summed E-state index contributed by atoms with van der Waals surface area (Å²) in [6, 6.07) is 19.2. The van der Waals surface area contributed by atoms with Gasteiger partial charge in [0, 0.05) is 16.3 Å². The number of hydrogen-bond donors (Lipinski definition) is 2. The Hall–Kier alpha value is -3.16. The lowest BCUT2D eigenvalue weighted by atomic mass is 10.1. The molecule has 1 saturated carbocycles. The van der Waals surface area contributed by atoms with E-state index >= 15 is 0 Å². The first-order chi connectivity index (χ1) is 16.0. The van der Waals surface area contributed by atoms with Crippen LogP contribution in [0.15, 0.2) is 71.8 Å². The van der Waals surface area contributed by atoms with Crippen LogP contribution in [0.1, 0.15) is 46.0 Å². The number of benzene rings is 2. The van der Waals surface area contributed by atoms with Gasteiger partial charge in [-0.15, -0.1) is 11.8 Å². The molecule has 1 heterocycles. The van der Waals surface area contributed by atoms with Crippen LogP contribution >= 0.6 is 11.8 Å². The highest BCUT2D eigenvalue weighted by Gasteiger charge is 2.30. The van der Waals surface area contributed by atoms with Gasteiger partial charge < -0.3 is 15.2 Å². The lowest BCUT2D eigenvalue weighted by molar-refractivity contribution is -0.131. The Kier molecular flexibility index (Phi) is 6.15. The van der Waals surface area contributed by atoms with Gasteiger partial charge in [0.1, 0.15) is 5.82 Å². The Bertz CT molecular complexity index is 1130. The summed E-state index contributed by atoms with van der Waals surface area (Å²) >= 11 is 1.87. The maximum atomic E-state index is 13.3. The SMILES string of the molecule is O=C(O)c1ccc(NC(=O)C(OC2Cc3ccccc3C2)c2ccc(SC3CC3)cc2)nc1. The monoisotopic (exact) mass is 460 g/mol. The lowest BCUT2D eigenvalue weighted by Crippen LogP contribution is -2.28. The largest absolute Gasteiger partial charge is 0.478 e. The summed E-state index contributed by atoms with van der Waals surface area (Å²) in [5.74, 6) is -1.11. The van der Waals surface area contributed by atoms with Crippen molar-refractivity contribution in [2.75, 3.05) is 5.32 Å². The molecule has 2 aliphatic carbocycles. The Morgan fingerprint density at radius 3 is 2.27 bits per heavy atom. The molecule has 5 rings (SSSR count). The molecule has 0 radical (unpaired) electrons. The van der Waals surface area contributed by atoms with Crippen molar-refractivity contribution in [1.29, 1.82) is 0 Å². The third-order valence-corrected chi connectivity index (χ3v) is 7.20. The van der Waals surface area contributed by atoms with Crippen LogP contribution in [-0.2, 0) is 22.4 Å². The number of amides is 1. The summed E-state index contributed by atoms with van der Waals surface area (Å²) in [7, 11) is 0. The van der Waals surface area contributed by atoms with Gasteiger partial charge in [0.2, 0.25) is 0 Å². The number of fused-ring (bicyclic) bond motifs is 1. The minimum atomic E-state index is -1.06. The van der Waals surface area contributed by atoms with Crippen molar-refractivity contribution >= 4 is 29.5 Å². The molecule has 2 aromatic carbocycles. The minimum Gasteiger partial charge on any atom is -0.478 e. The molecule has 1 aromatic heterocycles. The molecular formula is C26H24N2O4S. The number of carbonyl (C=O) groups excluding carboxylic acids is 1. The quantitative estimate of drug-likeness (QED) is 0.497. The zero-order valence-electron chi connectivity index (χ0n) is 17.9. The Balaban J connectivity index is 1.34. The highest BCUT2D eigenvalue weighted by molar-refractivity contribution is 8.00. The number of nitrogens with zero attached hydrogens (tertiary/aromatic N) is 1. The zero-order chi connectivity index (χ0) is 22.8. The number of carboxylic acids is 1. The topological polar surface area (TPSA) is 88.5 Å². The highest BCUT2D eigenvalue weighted by Crippen LogP contribution is 2.39. The average Bonchev–Trinajstić information content (AvgIpc) is 3.54. The Morgan fingerprint density at radius 2 is 1.70 bits per heavy atom. The first kappa shape index (κ1) is 21.7. The standard InChI is InChI=1S/C26H24N2O4S/c29-25(28-23-12-7-19(15-27-23)26(30)31)24(16-5-8-21(9-6-16)33-22-10-11-22)32-20-13-17-3-1-2-4-18(17)14-20/h1-9,12,15,20,22,24H,10-11,13-14H2,(H,30,31)(H,27,28,29). The van der Waals surface area contributed by atoms with Crippen molar-refractivity contribution < 1.29 is 19.4 Å². The molecule has 3 aromatic rings. The van der Waals surface area contributed by atoms with Crippen molar-refractivity contribution in [3.05, 3.63) is 89.1 Å². The highest BCUT2D eigenvalue weighted by atomic mass is 32.2. The number of hydrogen-bond acceptors (Lipinski definition) is 5. The molecule has 2 aliphatic rings. The van der Waals surface area contributed by atoms with Gasteiger partial charge in [-0.2, -0.15) is 0 Å². The number of carboxylic acid groups (broad SMARTS) is 1.